The first-order chi connectivity index (χ1) is 9.83. The van der Waals surface area contributed by atoms with Crippen LogP contribution in [0.15, 0.2) is 0 Å². The monoisotopic (exact) mass is 280 g/mol. The summed E-state index contributed by atoms with van der Waals surface area (Å²) in [7, 11) is 0. The van der Waals surface area contributed by atoms with Crippen LogP contribution in [0.4, 0.5) is 0 Å². The molecule has 2 saturated heterocycles. The first-order valence-corrected chi connectivity index (χ1v) is 8.90. The minimum Gasteiger partial charge on any atom is -0.378 e. The summed E-state index contributed by atoms with van der Waals surface area (Å²) in [4.78, 5) is 2.73. The van der Waals surface area contributed by atoms with E-state index in [1.54, 1.807) is 0 Å². The van der Waals surface area contributed by atoms with Crippen molar-refractivity contribution in [1.29, 1.82) is 0 Å². The quantitative estimate of drug-likeness (QED) is 0.860. The number of ether oxygens (including phenoxy) is 1. The van der Waals surface area contributed by atoms with Crippen LogP contribution in [-0.2, 0) is 4.74 Å². The Morgan fingerprint density at radius 3 is 2.70 bits per heavy atom. The van der Waals surface area contributed by atoms with Crippen LogP contribution in [0.2, 0.25) is 0 Å². The summed E-state index contributed by atoms with van der Waals surface area (Å²) >= 11 is 0. The van der Waals surface area contributed by atoms with Crippen LogP contribution in [0.5, 0.6) is 0 Å². The SMILES string of the molecule is CC1OCCC1CN1CCCNC(C2CCCCC2)C1. The molecule has 3 rings (SSSR count). The Hall–Kier alpha value is -0.120. The first-order valence-electron chi connectivity index (χ1n) is 8.90. The Morgan fingerprint density at radius 1 is 1.10 bits per heavy atom. The topological polar surface area (TPSA) is 24.5 Å². The van der Waals surface area contributed by atoms with Crippen LogP contribution in [0, 0.1) is 11.8 Å². The molecular formula is C17H32N2O. The van der Waals surface area contributed by atoms with Gasteiger partial charge in [0.2, 0.25) is 0 Å². The lowest BCUT2D eigenvalue weighted by molar-refractivity contribution is 0.0900. The maximum Gasteiger partial charge on any atom is 0.0588 e. The molecule has 3 heteroatoms. The second-order valence-electron chi connectivity index (χ2n) is 7.20. The van der Waals surface area contributed by atoms with Crippen LogP contribution in [0.1, 0.15) is 51.9 Å². The second-order valence-corrected chi connectivity index (χ2v) is 7.20. The Balaban J connectivity index is 1.54. The average molecular weight is 280 g/mol. The highest BCUT2D eigenvalue weighted by Gasteiger charge is 2.30. The van der Waals surface area contributed by atoms with Gasteiger partial charge in [-0.2, -0.15) is 0 Å². The molecule has 3 fully saturated rings. The molecule has 3 nitrogen and oxygen atoms in total. The highest BCUT2D eigenvalue weighted by atomic mass is 16.5. The van der Waals surface area contributed by atoms with Crippen molar-refractivity contribution in [2.45, 2.75) is 64.0 Å². The molecule has 3 aliphatic rings. The second kappa shape index (κ2) is 7.24. The van der Waals surface area contributed by atoms with Gasteiger partial charge in [0.15, 0.2) is 0 Å². The lowest BCUT2D eigenvalue weighted by Crippen LogP contribution is -2.45. The van der Waals surface area contributed by atoms with E-state index < -0.39 is 0 Å². The maximum absolute atomic E-state index is 5.74. The van der Waals surface area contributed by atoms with E-state index in [0.717, 1.165) is 24.5 Å². The van der Waals surface area contributed by atoms with Crippen LogP contribution in [-0.4, -0.2) is 49.8 Å². The van der Waals surface area contributed by atoms with Gasteiger partial charge in [-0.15, -0.1) is 0 Å². The van der Waals surface area contributed by atoms with Crippen LogP contribution in [0.3, 0.4) is 0 Å². The van der Waals surface area contributed by atoms with Gasteiger partial charge in [0, 0.05) is 25.7 Å². The standard InChI is InChI=1S/C17H32N2O/c1-14-16(8-11-20-14)12-19-10-5-9-18-17(13-19)15-6-3-2-4-7-15/h14-18H,2-13H2,1H3. The number of rotatable bonds is 3. The average Bonchev–Trinajstić information content (AvgIpc) is 2.75. The first kappa shape index (κ1) is 14.8. The van der Waals surface area contributed by atoms with E-state index in [1.807, 2.05) is 0 Å². The molecule has 0 bridgehead atoms. The summed E-state index contributed by atoms with van der Waals surface area (Å²) in [5, 5.41) is 3.84. The molecule has 3 atom stereocenters. The fourth-order valence-electron chi connectivity index (χ4n) is 4.39. The Bertz CT molecular complexity index is 291. The van der Waals surface area contributed by atoms with E-state index in [-0.39, 0.29) is 0 Å². The fourth-order valence-corrected chi connectivity index (χ4v) is 4.39. The van der Waals surface area contributed by atoms with E-state index in [4.69, 9.17) is 4.74 Å². The number of nitrogens with zero attached hydrogens (tertiary/aromatic N) is 1. The van der Waals surface area contributed by atoms with E-state index >= 15 is 0 Å². The van der Waals surface area contributed by atoms with Gasteiger partial charge in [0.25, 0.3) is 0 Å². The fraction of sp³-hybridized carbons (Fsp3) is 1.00. The normalized spacial score (nSPS) is 38.0. The van der Waals surface area contributed by atoms with Crippen LogP contribution >= 0.6 is 0 Å². The van der Waals surface area contributed by atoms with Gasteiger partial charge in [0.05, 0.1) is 6.10 Å². The van der Waals surface area contributed by atoms with Gasteiger partial charge < -0.3 is 15.0 Å². The van der Waals surface area contributed by atoms with Gasteiger partial charge in [-0.1, -0.05) is 19.3 Å². The maximum atomic E-state index is 5.74. The molecule has 116 valence electrons. The zero-order valence-electron chi connectivity index (χ0n) is 13.2. The van der Waals surface area contributed by atoms with Crippen molar-refractivity contribution in [2.24, 2.45) is 11.8 Å². The van der Waals surface area contributed by atoms with Crippen molar-refractivity contribution in [3.05, 3.63) is 0 Å². The molecule has 0 amide bonds. The lowest BCUT2D eigenvalue weighted by atomic mass is 9.83. The van der Waals surface area contributed by atoms with Crippen molar-refractivity contribution < 1.29 is 4.74 Å². The minimum absolute atomic E-state index is 0.472. The van der Waals surface area contributed by atoms with Gasteiger partial charge in [0.1, 0.15) is 0 Å². The summed E-state index contributed by atoms with van der Waals surface area (Å²) in [5.74, 6) is 1.70. The molecule has 0 aromatic heterocycles. The molecule has 1 saturated carbocycles. The summed E-state index contributed by atoms with van der Waals surface area (Å²) < 4.78 is 5.74. The zero-order valence-corrected chi connectivity index (χ0v) is 13.2. The largest absolute Gasteiger partial charge is 0.378 e. The van der Waals surface area contributed by atoms with E-state index in [2.05, 4.69) is 17.1 Å². The molecule has 0 aromatic carbocycles. The van der Waals surface area contributed by atoms with E-state index in [9.17, 15) is 0 Å². The van der Waals surface area contributed by atoms with Crippen LogP contribution < -0.4 is 5.32 Å². The molecular weight excluding hydrogens is 248 g/mol. The van der Waals surface area contributed by atoms with Crippen molar-refractivity contribution in [2.75, 3.05) is 32.8 Å². The molecule has 2 aliphatic heterocycles. The highest BCUT2D eigenvalue weighted by Crippen LogP contribution is 2.28. The predicted molar refractivity (Wildman–Crippen MR) is 82.9 cm³/mol. The third kappa shape index (κ3) is 3.75. The molecule has 20 heavy (non-hydrogen) atoms. The van der Waals surface area contributed by atoms with Crippen molar-refractivity contribution in [1.82, 2.24) is 10.2 Å². The number of hydrogen-bond acceptors (Lipinski definition) is 3. The zero-order chi connectivity index (χ0) is 13.8. The van der Waals surface area contributed by atoms with Gasteiger partial charge in [-0.05, 0) is 57.5 Å². The summed E-state index contributed by atoms with van der Waals surface area (Å²) in [6.07, 6.45) is 10.3. The third-order valence-electron chi connectivity index (χ3n) is 5.76. The van der Waals surface area contributed by atoms with Crippen molar-refractivity contribution >= 4 is 0 Å². The van der Waals surface area contributed by atoms with E-state index in [1.165, 1.54) is 71.1 Å². The molecule has 1 aliphatic carbocycles. The van der Waals surface area contributed by atoms with Gasteiger partial charge in [-0.25, -0.2) is 0 Å². The predicted octanol–water partition coefficient (Wildman–Crippen LogP) is 2.66. The summed E-state index contributed by atoms with van der Waals surface area (Å²) in [6.45, 7) is 8.25. The van der Waals surface area contributed by atoms with Crippen molar-refractivity contribution in [3.63, 3.8) is 0 Å². The molecule has 0 spiro atoms. The number of hydrogen-bond donors (Lipinski definition) is 1. The summed E-state index contributed by atoms with van der Waals surface area (Å²) in [6, 6.07) is 0.746. The highest BCUT2D eigenvalue weighted by molar-refractivity contribution is 4.86. The Morgan fingerprint density at radius 2 is 1.95 bits per heavy atom. The van der Waals surface area contributed by atoms with Gasteiger partial charge in [-0.3, -0.25) is 0 Å². The lowest BCUT2D eigenvalue weighted by Gasteiger charge is -2.34. The molecule has 2 heterocycles. The number of nitrogens with one attached hydrogen (secondary N) is 1. The summed E-state index contributed by atoms with van der Waals surface area (Å²) in [5.41, 5.74) is 0. The molecule has 3 unspecified atom stereocenters. The minimum atomic E-state index is 0.472. The Kier molecular flexibility index (Phi) is 5.36. The van der Waals surface area contributed by atoms with Crippen molar-refractivity contribution in [3.8, 4) is 0 Å². The van der Waals surface area contributed by atoms with Gasteiger partial charge >= 0.3 is 0 Å². The smallest absolute Gasteiger partial charge is 0.0588 e. The molecule has 0 radical (unpaired) electrons. The van der Waals surface area contributed by atoms with E-state index in [0.29, 0.717) is 6.10 Å². The molecule has 1 N–H and O–H groups in total. The third-order valence-corrected chi connectivity index (χ3v) is 5.76. The Labute approximate surface area is 124 Å². The van der Waals surface area contributed by atoms with Crippen LogP contribution in [0.25, 0.3) is 0 Å². The molecule has 0 aromatic rings.